The Balaban J connectivity index is 1.88. The van der Waals surface area contributed by atoms with Crippen LogP contribution in [0.5, 0.6) is 0 Å². The Labute approximate surface area is 116 Å². The van der Waals surface area contributed by atoms with E-state index in [2.05, 4.69) is 25.1 Å². The van der Waals surface area contributed by atoms with Crippen LogP contribution in [0.3, 0.4) is 0 Å². The summed E-state index contributed by atoms with van der Waals surface area (Å²) in [6, 6.07) is 4.69. The van der Waals surface area contributed by atoms with Crippen molar-refractivity contribution in [1.82, 2.24) is 20.5 Å². The first-order valence-electron chi connectivity index (χ1n) is 5.49. The largest absolute Gasteiger partial charge is 0.379 e. The van der Waals surface area contributed by atoms with Crippen LogP contribution in [-0.4, -0.2) is 20.5 Å². The molecule has 0 aliphatic rings. The van der Waals surface area contributed by atoms with Crippen LogP contribution in [0.1, 0.15) is 11.4 Å². The van der Waals surface area contributed by atoms with Crippen molar-refractivity contribution in [2.24, 2.45) is 0 Å². The number of nitrogen functional groups attached to an aromatic ring is 1. The summed E-state index contributed by atoms with van der Waals surface area (Å²) in [6.07, 6.45) is 0.126. The molecule has 0 saturated carbocycles. The molecule has 1 aromatic carbocycles. The van der Waals surface area contributed by atoms with Crippen molar-refractivity contribution >= 4 is 17.4 Å². The number of nitrogens with two attached hydrogens (primary N) is 1. The highest BCUT2D eigenvalue weighted by Gasteiger charge is 2.18. The summed E-state index contributed by atoms with van der Waals surface area (Å²) in [5.74, 6) is -0.151. The highest BCUT2D eigenvalue weighted by molar-refractivity contribution is 6.30. The number of halogens is 2. The molecule has 3 rings (SSSR count). The first kappa shape index (κ1) is 12.5. The smallest absolute Gasteiger partial charge is 0.284 e. The van der Waals surface area contributed by atoms with E-state index in [1.165, 1.54) is 6.07 Å². The van der Waals surface area contributed by atoms with Gasteiger partial charge in [-0.1, -0.05) is 28.9 Å². The van der Waals surface area contributed by atoms with Gasteiger partial charge in [0.2, 0.25) is 11.5 Å². The molecule has 2 aromatic heterocycles. The lowest BCUT2D eigenvalue weighted by atomic mass is 10.1. The molecule has 2 N–H and O–H groups in total. The van der Waals surface area contributed by atoms with Crippen molar-refractivity contribution in [3.63, 3.8) is 0 Å². The molecule has 0 aliphatic carbocycles. The first-order valence-corrected chi connectivity index (χ1v) is 5.87. The van der Waals surface area contributed by atoms with E-state index in [1.807, 2.05) is 0 Å². The second-order valence-corrected chi connectivity index (χ2v) is 4.31. The van der Waals surface area contributed by atoms with E-state index in [9.17, 15) is 4.39 Å². The lowest BCUT2D eigenvalue weighted by molar-refractivity contribution is 0.308. The molecule has 20 heavy (non-hydrogen) atoms. The summed E-state index contributed by atoms with van der Waals surface area (Å²) in [7, 11) is 0. The molecule has 0 bridgehead atoms. The van der Waals surface area contributed by atoms with Crippen molar-refractivity contribution in [1.29, 1.82) is 0 Å². The Morgan fingerprint density at radius 2 is 2.10 bits per heavy atom. The standard InChI is InChI=1S/C11H7ClFN5O2/c12-6-3-1-2-5(8(6)13)4-7-15-11(19-16-7)9-10(14)18-20-17-9/h1-3H,4H2,(H2,14,18). The highest BCUT2D eigenvalue weighted by Crippen LogP contribution is 2.22. The van der Waals surface area contributed by atoms with Crippen molar-refractivity contribution in [3.05, 3.63) is 40.4 Å². The lowest BCUT2D eigenvalue weighted by Crippen LogP contribution is -1.95. The van der Waals surface area contributed by atoms with Gasteiger partial charge in [-0.15, -0.1) is 0 Å². The SMILES string of the molecule is Nc1nonc1-c1nc(Cc2cccc(Cl)c2F)no1. The Hall–Kier alpha value is -2.48. The molecule has 0 amide bonds. The molecule has 0 spiro atoms. The number of rotatable bonds is 3. The van der Waals surface area contributed by atoms with Crippen molar-refractivity contribution in [2.45, 2.75) is 6.42 Å². The minimum absolute atomic E-state index is 0.0362. The van der Waals surface area contributed by atoms with E-state index in [-0.39, 0.29) is 34.7 Å². The third-order valence-corrected chi connectivity index (χ3v) is 2.86. The Bertz CT molecular complexity index is 757. The summed E-state index contributed by atoms with van der Waals surface area (Å²) >= 11 is 5.70. The predicted octanol–water partition coefficient (Wildman–Crippen LogP) is 2.09. The molecule has 0 aliphatic heterocycles. The van der Waals surface area contributed by atoms with Gasteiger partial charge in [-0.3, -0.25) is 0 Å². The van der Waals surface area contributed by atoms with Gasteiger partial charge in [0.05, 0.1) is 5.02 Å². The number of nitrogens with zero attached hydrogens (tertiary/aromatic N) is 4. The zero-order valence-electron chi connectivity index (χ0n) is 9.88. The van der Waals surface area contributed by atoms with E-state index < -0.39 is 5.82 Å². The van der Waals surface area contributed by atoms with E-state index in [4.69, 9.17) is 21.9 Å². The molecular weight excluding hydrogens is 289 g/mol. The van der Waals surface area contributed by atoms with Gasteiger partial charge in [0.25, 0.3) is 5.89 Å². The van der Waals surface area contributed by atoms with Gasteiger partial charge in [0.15, 0.2) is 5.82 Å². The number of benzene rings is 1. The summed E-state index contributed by atoms with van der Waals surface area (Å²) in [5, 5.41) is 10.7. The van der Waals surface area contributed by atoms with Crippen molar-refractivity contribution in [2.75, 3.05) is 5.73 Å². The van der Waals surface area contributed by atoms with Crippen LogP contribution in [0.15, 0.2) is 27.4 Å². The van der Waals surface area contributed by atoms with Crippen LogP contribution in [0.2, 0.25) is 5.02 Å². The summed E-state index contributed by atoms with van der Waals surface area (Å²) in [5.41, 5.74) is 6.01. The van der Waals surface area contributed by atoms with Crippen LogP contribution in [0.25, 0.3) is 11.6 Å². The zero-order chi connectivity index (χ0) is 14.1. The fourth-order valence-corrected chi connectivity index (χ4v) is 1.82. The van der Waals surface area contributed by atoms with Gasteiger partial charge in [-0.05, 0) is 21.9 Å². The molecule has 3 aromatic rings. The molecular formula is C11H7ClFN5O2. The fourth-order valence-electron chi connectivity index (χ4n) is 1.62. The zero-order valence-corrected chi connectivity index (χ0v) is 10.6. The maximum atomic E-state index is 13.8. The number of hydrogen-bond donors (Lipinski definition) is 1. The highest BCUT2D eigenvalue weighted by atomic mass is 35.5. The van der Waals surface area contributed by atoms with E-state index >= 15 is 0 Å². The quantitative estimate of drug-likeness (QED) is 0.788. The molecule has 0 atom stereocenters. The van der Waals surface area contributed by atoms with Crippen LogP contribution in [0.4, 0.5) is 10.2 Å². The Morgan fingerprint density at radius 3 is 2.85 bits per heavy atom. The van der Waals surface area contributed by atoms with Crippen LogP contribution < -0.4 is 5.73 Å². The Morgan fingerprint density at radius 1 is 1.25 bits per heavy atom. The minimum atomic E-state index is -0.511. The van der Waals surface area contributed by atoms with Gasteiger partial charge < -0.3 is 10.3 Å². The van der Waals surface area contributed by atoms with Gasteiger partial charge in [0.1, 0.15) is 5.82 Å². The molecule has 7 nitrogen and oxygen atoms in total. The molecule has 2 heterocycles. The summed E-state index contributed by atoms with van der Waals surface area (Å²) < 4.78 is 23.2. The molecule has 0 unspecified atom stereocenters. The molecule has 0 fully saturated rings. The van der Waals surface area contributed by atoms with Gasteiger partial charge in [-0.2, -0.15) is 4.98 Å². The number of aromatic nitrogens is 4. The topological polar surface area (TPSA) is 104 Å². The monoisotopic (exact) mass is 295 g/mol. The molecule has 0 saturated heterocycles. The molecule has 0 radical (unpaired) electrons. The fraction of sp³-hybridized carbons (Fsp3) is 0.0909. The van der Waals surface area contributed by atoms with Crippen LogP contribution in [-0.2, 0) is 6.42 Å². The predicted molar refractivity (Wildman–Crippen MR) is 66.2 cm³/mol. The summed E-state index contributed by atoms with van der Waals surface area (Å²) in [4.78, 5) is 4.05. The van der Waals surface area contributed by atoms with Crippen molar-refractivity contribution < 1.29 is 13.5 Å². The molecule has 9 heteroatoms. The van der Waals surface area contributed by atoms with Gasteiger partial charge >= 0.3 is 0 Å². The Kier molecular flexibility index (Phi) is 3.07. The number of anilines is 1. The third-order valence-electron chi connectivity index (χ3n) is 2.56. The second-order valence-electron chi connectivity index (χ2n) is 3.90. The lowest BCUT2D eigenvalue weighted by Gasteiger charge is -2.00. The normalized spacial score (nSPS) is 10.9. The number of hydrogen-bond acceptors (Lipinski definition) is 7. The van der Waals surface area contributed by atoms with E-state index in [0.717, 1.165) is 0 Å². The first-order chi connectivity index (χ1) is 9.65. The summed E-state index contributed by atoms with van der Waals surface area (Å²) in [6.45, 7) is 0. The minimum Gasteiger partial charge on any atom is -0.379 e. The maximum Gasteiger partial charge on any atom is 0.284 e. The van der Waals surface area contributed by atoms with Crippen LogP contribution in [0, 0.1) is 5.82 Å². The average molecular weight is 296 g/mol. The average Bonchev–Trinajstić information content (AvgIpc) is 3.04. The maximum absolute atomic E-state index is 13.8. The van der Waals surface area contributed by atoms with E-state index in [1.54, 1.807) is 12.1 Å². The van der Waals surface area contributed by atoms with E-state index in [0.29, 0.717) is 5.56 Å². The van der Waals surface area contributed by atoms with Gasteiger partial charge in [-0.25, -0.2) is 9.02 Å². The van der Waals surface area contributed by atoms with Gasteiger partial charge in [0, 0.05) is 6.42 Å². The van der Waals surface area contributed by atoms with Crippen LogP contribution >= 0.6 is 11.6 Å². The van der Waals surface area contributed by atoms with Crippen molar-refractivity contribution in [3.8, 4) is 11.6 Å². The third kappa shape index (κ3) is 2.21. The second kappa shape index (κ2) is 4.89. The molecule has 102 valence electrons.